The number of nitrogens with one attached hydrogen (secondary N) is 2. The zero-order chi connectivity index (χ0) is 18.9. The zero-order valence-electron chi connectivity index (χ0n) is 14.8. The lowest BCUT2D eigenvalue weighted by Gasteiger charge is -2.17. The van der Waals surface area contributed by atoms with Crippen LogP contribution in [0.25, 0.3) is 16.8 Å². The Hall–Kier alpha value is -4.00. The molecule has 1 aromatic heterocycles. The summed E-state index contributed by atoms with van der Waals surface area (Å²) >= 11 is 0. The summed E-state index contributed by atoms with van der Waals surface area (Å²) in [5, 5.41) is 17.1. The Kier molecular flexibility index (Phi) is 3.83. The van der Waals surface area contributed by atoms with E-state index in [1.54, 1.807) is 0 Å². The minimum absolute atomic E-state index is 0.185. The molecule has 0 radical (unpaired) electrons. The standard InChI is InChI=1S/C21H16N6O/c28-21(23-14-6-5-7-15(12-14)27-13-22-25-26-27)24-20-18-10-3-1-8-16(18)17-9-2-4-11-19(17)20/h1-13,20H,(H2,23,24,28). The van der Waals surface area contributed by atoms with E-state index in [-0.39, 0.29) is 12.1 Å². The molecule has 1 aliphatic carbocycles. The summed E-state index contributed by atoms with van der Waals surface area (Å²) in [5.41, 5.74) is 5.93. The number of benzene rings is 3. The van der Waals surface area contributed by atoms with Gasteiger partial charge in [-0.15, -0.1) is 5.10 Å². The van der Waals surface area contributed by atoms with Crippen molar-refractivity contribution in [3.8, 4) is 16.8 Å². The van der Waals surface area contributed by atoms with E-state index in [2.05, 4.69) is 50.4 Å². The van der Waals surface area contributed by atoms with Crippen LogP contribution in [0.4, 0.5) is 10.5 Å². The lowest BCUT2D eigenvalue weighted by molar-refractivity contribution is 0.250. The summed E-state index contributed by atoms with van der Waals surface area (Å²) in [4.78, 5) is 12.7. The van der Waals surface area contributed by atoms with E-state index in [9.17, 15) is 4.79 Å². The lowest BCUT2D eigenvalue weighted by atomic mass is 10.1. The minimum Gasteiger partial charge on any atom is -0.327 e. The second-order valence-electron chi connectivity index (χ2n) is 6.51. The first kappa shape index (κ1) is 16.2. The fraction of sp³-hybridized carbons (Fsp3) is 0.0476. The Bertz CT molecular complexity index is 1110. The number of carbonyl (C=O) groups excluding carboxylic acids is 1. The first-order valence-corrected chi connectivity index (χ1v) is 8.89. The maximum atomic E-state index is 12.7. The van der Waals surface area contributed by atoms with Crippen molar-refractivity contribution in [3.05, 3.63) is 90.3 Å². The number of rotatable bonds is 3. The Morgan fingerprint density at radius 2 is 1.61 bits per heavy atom. The van der Waals surface area contributed by atoms with Crippen molar-refractivity contribution in [1.29, 1.82) is 0 Å². The number of anilines is 1. The van der Waals surface area contributed by atoms with Crippen LogP contribution in [0.3, 0.4) is 0 Å². The molecule has 2 N–H and O–H groups in total. The van der Waals surface area contributed by atoms with Gasteiger partial charge in [0.05, 0.1) is 11.7 Å². The molecule has 0 spiro atoms. The second-order valence-corrected chi connectivity index (χ2v) is 6.51. The van der Waals surface area contributed by atoms with Gasteiger partial charge in [-0.25, -0.2) is 9.48 Å². The molecular formula is C21H16N6O. The summed E-state index contributed by atoms with van der Waals surface area (Å²) < 4.78 is 1.53. The molecule has 3 aromatic carbocycles. The van der Waals surface area contributed by atoms with Gasteiger partial charge in [0.15, 0.2) is 0 Å². The van der Waals surface area contributed by atoms with E-state index >= 15 is 0 Å². The molecule has 28 heavy (non-hydrogen) atoms. The predicted molar refractivity (Wildman–Crippen MR) is 105 cm³/mol. The molecule has 0 saturated heterocycles. The number of urea groups is 1. The van der Waals surface area contributed by atoms with Crippen LogP contribution < -0.4 is 10.6 Å². The Balaban J connectivity index is 1.39. The van der Waals surface area contributed by atoms with E-state index < -0.39 is 0 Å². The van der Waals surface area contributed by atoms with E-state index in [1.165, 1.54) is 11.0 Å². The number of hydrogen-bond donors (Lipinski definition) is 2. The molecule has 7 nitrogen and oxygen atoms in total. The number of aromatic nitrogens is 4. The highest BCUT2D eigenvalue weighted by Gasteiger charge is 2.29. The van der Waals surface area contributed by atoms with Crippen LogP contribution in [-0.4, -0.2) is 26.2 Å². The Labute approximate surface area is 161 Å². The van der Waals surface area contributed by atoms with Crippen LogP contribution in [0.5, 0.6) is 0 Å². The molecule has 1 aliphatic rings. The van der Waals surface area contributed by atoms with Gasteiger partial charge in [0, 0.05) is 5.69 Å². The number of tetrazole rings is 1. The third-order valence-corrected chi connectivity index (χ3v) is 4.83. The molecule has 0 fully saturated rings. The smallest absolute Gasteiger partial charge is 0.319 e. The average Bonchev–Trinajstić information content (AvgIpc) is 3.36. The van der Waals surface area contributed by atoms with Crippen molar-refractivity contribution in [1.82, 2.24) is 25.5 Å². The zero-order valence-corrected chi connectivity index (χ0v) is 14.8. The molecule has 4 aromatic rings. The van der Waals surface area contributed by atoms with Crippen LogP contribution in [-0.2, 0) is 0 Å². The third kappa shape index (κ3) is 2.79. The molecule has 0 saturated carbocycles. The molecule has 0 unspecified atom stereocenters. The third-order valence-electron chi connectivity index (χ3n) is 4.83. The van der Waals surface area contributed by atoms with Gasteiger partial charge in [0.25, 0.3) is 0 Å². The first-order chi connectivity index (χ1) is 13.8. The highest BCUT2D eigenvalue weighted by atomic mass is 16.2. The SMILES string of the molecule is O=C(Nc1cccc(-n2cnnn2)c1)NC1c2ccccc2-c2ccccc21. The van der Waals surface area contributed by atoms with Crippen molar-refractivity contribution in [2.75, 3.05) is 5.32 Å². The Morgan fingerprint density at radius 1 is 0.893 bits per heavy atom. The minimum atomic E-state index is -0.273. The molecule has 2 amide bonds. The molecule has 136 valence electrons. The van der Waals surface area contributed by atoms with Crippen molar-refractivity contribution >= 4 is 11.7 Å². The second kappa shape index (κ2) is 6.62. The van der Waals surface area contributed by atoms with Gasteiger partial charge in [-0.2, -0.15) is 0 Å². The van der Waals surface area contributed by atoms with Gasteiger partial charge >= 0.3 is 6.03 Å². The summed E-state index contributed by atoms with van der Waals surface area (Å²) in [6, 6.07) is 23.2. The molecule has 1 heterocycles. The van der Waals surface area contributed by atoms with Crippen LogP contribution in [0.1, 0.15) is 17.2 Å². The highest BCUT2D eigenvalue weighted by Crippen LogP contribution is 2.42. The van der Waals surface area contributed by atoms with Gasteiger partial charge in [-0.1, -0.05) is 54.6 Å². The van der Waals surface area contributed by atoms with Crippen LogP contribution in [0.15, 0.2) is 79.1 Å². The number of hydrogen-bond acceptors (Lipinski definition) is 4. The summed E-state index contributed by atoms with van der Waals surface area (Å²) in [6.45, 7) is 0. The Morgan fingerprint density at radius 3 is 2.29 bits per heavy atom. The predicted octanol–water partition coefficient (Wildman–Crippen LogP) is 3.55. The molecule has 7 heteroatoms. The number of amides is 2. The average molecular weight is 368 g/mol. The molecule has 0 atom stereocenters. The fourth-order valence-corrected chi connectivity index (χ4v) is 3.62. The van der Waals surface area contributed by atoms with Crippen LogP contribution in [0, 0.1) is 0 Å². The summed E-state index contributed by atoms with van der Waals surface area (Å²) in [6.07, 6.45) is 1.51. The molecular weight excluding hydrogens is 352 g/mol. The highest BCUT2D eigenvalue weighted by molar-refractivity contribution is 5.91. The lowest BCUT2D eigenvalue weighted by Crippen LogP contribution is -2.32. The topological polar surface area (TPSA) is 84.7 Å². The largest absolute Gasteiger partial charge is 0.327 e. The van der Waals surface area contributed by atoms with Gasteiger partial charge in [0.1, 0.15) is 6.33 Å². The number of carbonyl (C=O) groups is 1. The van der Waals surface area contributed by atoms with E-state index in [0.717, 1.165) is 27.9 Å². The normalized spacial score (nSPS) is 12.3. The first-order valence-electron chi connectivity index (χ1n) is 8.89. The molecule has 0 aliphatic heterocycles. The summed E-state index contributed by atoms with van der Waals surface area (Å²) in [7, 11) is 0. The number of nitrogens with zero attached hydrogens (tertiary/aromatic N) is 4. The number of fused-ring (bicyclic) bond motifs is 3. The van der Waals surface area contributed by atoms with Crippen molar-refractivity contribution in [2.24, 2.45) is 0 Å². The van der Waals surface area contributed by atoms with E-state index in [1.807, 2.05) is 48.5 Å². The van der Waals surface area contributed by atoms with Gasteiger partial charge < -0.3 is 10.6 Å². The maximum Gasteiger partial charge on any atom is 0.319 e. The van der Waals surface area contributed by atoms with Gasteiger partial charge in [0.2, 0.25) is 0 Å². The van der Waals surface area contributed by atoms with E-state index in [0.29, 0.717) is 5.69 Å². The molecule has 0 bridgehead atoms. The maximum absolute atomic E-state index is 12.7. The van der Waals surface area contributed by atoms with Gasteiger partial charge in [-0.3, -0.25) is 0 Å². The monoisotopic (exact) mass is 368 g/mol. The van der Waals surface area contributed by atoms with Crippen molar-refractivity contribution in [3.63, 3.8) is 0 Å². The molecule has 5 rings (SSSR count). The fourth-order valence-electron chi connectivity index (χ4n) is 3.62. The van der Waals surface area contributed by atoms with Crippen LogP contribution in [0.2, 0.25) is 0 Å². The van der Waals surface area contributed by atoms with Crippen LogP contribution >= 0.6 is 0 Å². The quantitative estimate of drug-likeness (QED) is 0.579. The summed E-state index contributed by atoms with van der Waals surface area (Å²) in [5.74, 6) is 0. The van der Waals surface area contributed by atoms with E-state index in [4.69, 9.17) is 0 Å². The van der Waals surface area contributed by atoms with Crippen molar-refractivity contribution in [2.45, 2.75) is 6.04 Å². The van der Waals surface area contributed by atoms with Crippen molar-refractivity contribution < 1.29 is 4.79 Å². The van der Waals surface area contributed by atoms with Gasteiger partial charge in [-0.05, 0) is 50.9 Å².